The van der Waals surface area contributed by atoms with Gasteiger partial charge in [-0.1, -0.05) is 12.1 Å². The van der Waals surface area contributed by atoms with E-state index in [-0.39, 0.29) is 12.1 Å². The molecule has 1 aliphatic heterocycles. The lowest BCUT2D eigenvalue weighted by Crippen LogP contribution is -2.50. The molecule has 2 amide bonds. The molecule has 3 rings (SSSR count). The van der Waals surface area contributed by atoms with Crippen LogP contribution in [-0.4, -0.2) is 43.2 Å². The van der Waals surface area contributed by atoms with E-state index in [0.717, 1.165) is 18.8 Å². The van der Waals surface area contributed by atoms with Crippen LogP contribution < -0.4 is 15.0 Å². The first-order valence-corrected chi connectivity index (χ1v) is 9.13. The van der Waals surface area contributed by atoms with Gasteiger partial charge in [-0.05, 0) is 50.2 Å². The fourth-order valence-electron chi connectivity index (χ4n) is 3.04. The number of anilines is 2. The Morgan fingerprint density at radius 1 is 1.07 bits per heavy atom. The Morgan fingerprint density at radius 2 is 1.74 bits per heavy atom. The van der Waals surface area contributed by atoms with Gasteiger partial charge in [0.2, 0.25) is 0 Å². The maximum Gasteiger partial charge on any atom is 0.322 e. The van der Waals surface area contributed by atoms with Crippen LogP contribution >= 0.6 is 0 Å². The maximum atomic E-state index is 12.6. The molecular weight excluding hydrogens is 340 g/mol. The van der Waals surface area contributed by atoms with Crippen molar-refractivity contribution in [2.45, 2.75) is 20.0 Å². The number of benzene rings is 2. The summed E-state index contributed by atoms with van der Waals surface area (Å²) in [6, 6.07) is 17.0. The Hall–Kier alpha value is -3.20. The van der Waals surface area contributed by atoms with E-state index in [4.69, 9.17) is 10.00 Å². The number of piperazine rings is 1. The highest BCUT2D eigenvalue weighted by molar-refractivity contribution is 5.91. The number of hydrogen-bond donors (Lipinski definition) is 1. The van der Waals surface area contributed by atoms with Crippen molar-refractivity contribution in [3.05, 3.63) is 54.1 Å². The average Bonchev–Trinajstić information content (AvgIpc) is 2.69. The number of hydrogen-bond acceptors (Lipinski definition) is 4. The van der Waals surface area contributed by atoms with Crippen LogP contribution in [0.1, 0.15) is 19.4 Å². The molecule has 1 fully saturated rings. The third-order valence-corrected chi connectivity index (χ3v) is 4.42. The largest absolute Gasteiger partial charge is 0.489 e. The van der Waals surface area contributed by atoms with Crippen molar-refractivity contribution in [1.82, 2.24) is 4.90 Å². The molecule has 0 atom stereocenters. The molecule has 140 valence electrons. The zero-order valence-corrected chi connectivity index (χ0v) is 15.7. The van der Waals surface area contributed by atoms with Crippen LogP contribution in [0.3, 0.4) is 0 Å². The lowest BCUT2D eigenvalue weighted by atomic mass is 10.2. The van der Waals surface area contributed by atoms with Gasteiger partial charge in [0.15, 0.2) is 0 Å². The van der Waals surface area contributed by atoms with E-state index in [2.05, 4.69) is 16.3 Å². The highest BCUT2D eigenvalue weighted by Gasteiger charge is 2.22. The number of rotatable bonds is 4. The van der Waals surface area contributed by atoms with Gasteiger partial charge >= 0.3 is 6.03 Å². The van der Waals surface area contributed by atoms with Crippen molar-refractivity contribution < 1.29 is 9.53 Å². The van der Waals surface area contributed by atoms with E-state index in [1.54, 1.807) is 0 Å². The van der Waals surface area contributed by atoms with Gasteiger partial charge in [-0.2, -0.15) is 5.26 Å². The molecule has 0 spiro atoms. The molecule has 0 saturated carbocycles. The third-order valence-electron chi connectivity index (χ3n) is 4.42. The number of carbonyl (C=O) groups is 1. The highest BCUT2D eigenvalue weighted by atomic mass is 16.5. The molecule has 6 nitrogen and oxygen atoms in total. The van der Waals surface area contributed by atoms with E-state index < -0.39 is 0 Å². The first kappa shape index (κ1) is 18.6. The second-order valence-electron chi connectivity index (χ2n) is 6.73. The molecule has 1 N–H and O–H groups in total. The summed E-state index contributed by atoms with van der Waals surface area (Å²) in [6.07, 6.45) is 0.0408. The van der Waals surface area contributed by atoms with Crippen molar-refractivity contribution >= 4 is 17.4 Å². The molecular formula is C21H24N4O2. The maximum absolute atomic E-state index is 12.6. The quantitative estimate of drug-likeness (QED) is 0.898. The average molecular weight is 364 g/mol. The summed E-state index contributed by atoms with van der Waals surface area (Å²) in [7, 11) is 0. The number of amides is 2. The summed E-state index contributed by atoms with van der Waals surface area (Å²) in [5, 5.41) is 11.9. The number of para-hydroxylation sites is 2. The normalized spacial score (nSPS) is 14.0. The molecule has 0 aliphatic carbocycles. The van der Waals surface area contributed by atoms with E-state index in [1.807, 2.05) is 67.3 Å². The molecule has 1 saturated heterocycles. The van der Waals surface area contributed by atoms with Gasteiger partial charge in [-0.25, -0.2) is 4.79 Å². The molecule has 2 aromatic rings. The summed E-state index contributed by atoms with van der Waals surface area (Å²) in [5.74, 6) is 0.678. The van der Waals surface area contributed by atoms with Gasteiger partial charge in [0, 0.05) is 31.9 Å². The van der Waals surface area contributed by atoms with E-state index >= 15 is 0 Å². The number of urea groups is 1. The number of carbonyl (C=O) groups excluding carboxylic acids is 1. The summed E-state index contributed by atoms with van der Waals surface area (Å²) >= 11 is 0. The minimum absolute atomic E-state index is 0.0408. The zero-order valence-electron chi connectivity index (χ0n) is 15.7. The van der Waals surface area contributed by atoms with Gasteiger partial charge in [-0.3, -0.25) is 0 Å². The second kappa shape index (κ2) is 8.45. The first-order chi connectivity index (χ1) is 13.1. The van der Waals surface area contributed by atoms with Crippen molar-refractivity contribution in [1.29, 1.82) is 5.26 Å². The fraction of sp³-hybridized carbons (Fsp3) is 0.333. The van der Waals surface area contributed by atoms with Crippen LogP contribution in [-0.2, 0) is 0 Å². The van der Waals surface area contributed by atoms with Crippen LogP contribution in [0, 0.1) is 11.3 Å². The number of nitrogens with one attached hydrogen (secondary N) is 1. The summed E-state index contributed by atoms with van der Waals surface area (Å²) < 4.78 is 5.76. The van der Waals surface area contributed by atoms with Gasteiger partial charge in [0.1, 0.15) is 5.75 Å². The summed E-state index contributed by atoms with van der Waals surface area (Å²) in [4.78, 5) is 16.7. The number of nitrogens with zero attached hydrogens (tertiary/aromatic N) is 3. The minimum Gasteiger partial charge on any atom is -0.489 e. The van der Waals surface area contributed by atoms with Crippen LogP contribution in [0.2, 0.25) is 0 Å². The number of ether oxygens (including phenoxy) is 1. The Kier molecular flexibility index (Phi) is 5.82. The lowest BCUT2D eigenvalue weighted by molar-refractivity contribution is 0.207. The first-order valence-electron chi connectivity index (χ1n) is 9.13. The Labute approximate surface area is 160 Å². The van der Waals surface area contributed by atoms with Gasteiger partial charge in [0.25, 0.3) is 0 Å². The fourth-order valence-corrected chi connectivity index (χ4v) is 3.04. The molecule has 0 radical (unpaired) electrons. The van der Waals surface area contributed by atoms with E-state index in [9.17, 15) is 4.79 Å². The standard InChI is InChI=1S/C21H24N4O2/c1-16(2)27-20-6-4-3-5-19(20)23-21(26)25-13-11-24(12-14-25)18-9-7-17(15-22)8-10-18/h3-10,16H,11-14H2,1-2H3,(H,23,26). The molecule has 27 heavy (non-hydrogen) atoms. The van der Waals surface area contributed by atoms with E-state index in [1.165, 1.54) is 0 Å². The molecule has 1 heterocycles. The zero-order chi connectivity index (χ0) is 19.2. The van der Waals surface area contributed by atoms with Gasteiger partial charge < -0.3 is 19.9 Å². The van der Waals surface area contributed by atoms with Gasteiger partial charge in [-0.15, -0.1) is 0 Å². The van der Waals surface area contributed by atoms with Crippen LogP contribution in [0.4, 0.5) is 16.2 Å². The predicted molar refractivity (Wildman–Crippen MR) is 106 cm³/mol. The third kappa shape index (κ3) is 4.70. The molecule has 0 aromatic heterocycles. The Bertz CT molecular complexity index is 819. The van der Waals surface area contributed by atoms with Crippen LogP contribution in [0.25, 0.3) is 0 Å². The minimum atomic E-state index is -0.116. The van der Waals surface area contributed by atoms with E-state index in [0.29, 0.717) is 30.1 Å². The number of nitriles is 1. The van der Waals surface area contributed by atoms with Crippen molar-refractivity contribution in [2.24, 2.45) is 0 Å². The molecule has 6 heteroatoms. The molecule has 0 bridgehead atoms. The Morgan fingerprint density at radius 3 is 2.37 bits per heavy atom. The topological polar surface area (TPSA) is 68.6 Å². The molecule has 1 aliphatic rings. The summed E-state index contributed by atoms with van der Waals surface area (Å²) in [6.45, 7) is 6.70. The summed E-state index contributed by atoms with van der Waals surface area (Å²) in [5.41, 5.74) is 2.41. The van der Waals surface area contributed by atoms with Gasteiger partial charge in [0.05, 0.1) is 23.4 Å². The van der Waals surface area contributed by atoms with Crippen molar-refractivity contribution in [3.63, 3.8) is 0 Å². The van der Waals surface area contributed by atoms with Crippen molar-refractivity contribution in [2.75, 3.05) is 36.4 Å². The Balaban J connectivity index is 1.58. The molecule has 2 aromatic carbocycles. The molecule has 0 unspecified atom stereocenters. The highest BCUT2D eigenvalue weighted by Crippen LogP contribution is 2.25. The predicted octanol–water partition coefficient (Wildman–Crippen LogP) is 3.70. The van der Waals surface area contributed by atoms with Crippen molar-refractivity contribution in [3.8, 4) is 11.8 Å². The van der Waals surface area contributed by atoms with Crippen LogP contribution in [0.5, 0.6) is 5.75 Å². The SMILES string of the molecule is CC(C)Oc1ccccc1NC(=O)N1CCN(c2ccc(C#N)cc2)CC1. The second-order valence-corrected chi connectivity index (χ2v) is 6.73. The smallest absolute Gasteiger partial charge is 0.322 e. The monoisotopic (exact) mass is 364 g/mol. The van der Waals surface area contributed by atoms with Crippen LogP contribution in [0.15, 0.2) is 48.5 Å². The lowest BCUT2D eigenvalue weighted by Gasteiger charge is -2.36.